The van der Waals surface area contributed by atoms with Crippen molar-refractivity contribution in [3.8, 4) is 11.8 Å². The molecule has 0 aliphatic heterocycles. The van der Waals surface area contributed by atoms with Crippen molar-refractivity contribution in [1.29, 1.82) is 0 Å². The monoisotopic (exact) mass is 318 g/mol. The van der Waals surface area contributed by atoms with Crippen LogP contribution in [0.1, 0.15) is 76.7 Å². The van der Waals surface area contributed by atoms with Crippen LogP contribution in [0.25, 0.3) is 0 Å². The Morgan fingerprint density at radius 3 is 2.30 bits per heavy atom. The van der Waals surface area contributed by atoms with Gasteiger partial charge in [0.05, 0.1) is 0 Å². The molecule has 0 spiro atoms. The number of hydrogen-bond acceptors (Lipinski definition) is 1. The second kappa shape index (κ2) is 14.3. The first-order valence-corrected chi connectivity index (χ1v) is 9.15. The molecule has 0 aromatic heterocycles. The molecule has 1 rings (SSSR count). The third-order valence-corrected chi connectivity index (χ3v) is 3.75. The van der Waals surface area contributed by atoms with Gasteiger partial charge in [-0.3, -0.25) is 0 Å². The maximum Gasteiger partial charge on any atom is 0.124 e. The van der Waals surface area contributed by atoms with Gasteiger partial charge in [-0.25, -0.2) is 4.39 Å². The fraction of sp³-hybridized carbons (Fsp3) is 0.619. The number of hydrogen-bond donors (Lipinski definition) is 0. The van der Waals surface area contributed by atoms with Gasteiger partial charge in [-0.2, -0.15) is 0 Å². The minimum Gasteiger partial charge on any atom is -0.381 e. The summed E-state index contributed by atoms with van der Waals surface area (Å²) in [6.45, 7) is 3.98. The van der Waals surface area contributed by atoms with Crippen LogP contribution in [0.3, 0.4) is 0 Å². The molecule has 1 nitrogen and oxygen atoms in total. The van der Waals surface area contributed by atoms with E-state index in [2.05, 4.69) is 18.8 Å². The van der Waals surface area contributed by atoms with Crippen molar-refractivity contribution in [2.24, 2.45) is 0 Å². The lowest BCUT2D eigenvalue weighted by atomic mass is 10.1. The molecule has 2 heteroatoms. The minimum absolute atomic E-state index is 0.214. The second-order valence-electron chi connectivity index (χ2n) is 6.00. The van der Waals surface area contributed by atoms with Gasteiger partial charge in [-0.05, 0) is 37.5 Å². The summed E-state index contributed by atoms with van der Waals surface area (Å²) in [5.41, 5.74) is 0.771. The molecule has 0 aliphatic rings. The fourth-order valence-corrected chi connectivity index (χ4v) is 2.46. The predicted octanol–water partition coefficient (Wildman–Crippen LogP) is 6.11. The zero-order chi connectivity index (χ0) is 16.6. The van der Waals surface area contributed by atoms with Gasteiger partial charge in [0.1, 0.15) is 5.82 Å². The standard InChI is InChI=1S/C21H31FO/c1-2-17-23-18-12-10-8-6-4-3-5-7-9-11-14-20-15-13-16-21(22)19-20/h13,15-16,19H,2-10,12,17-18H2,1H3. The Kier molecular flexibility index (Phi) is 12.2. The van der Waals surface area contributed by atoms with Crippen molar-refractivity contribution >= 4 is 0 Å². The Morgan fingerprint density at radius 2 is 1.61 bits per heavy atom. The maximum atomic E-state index is 13.0. The molecule has 0 aliphatic carbocycles. The van der Waals surface area contributed by atoms with Gasteiger partial charge in [0, 0.05) is 25.2 Å². The number of ether oxygens (including phenoxy) is 1. The van der Waals surface area contributed by atoms with Crippen LogP contribution in [0, 0.1) is 17.7 Å². The lowest BCUT2D eigenvalue weighted by Crippen LogP contribution is -1.95. The van der Waals surface area contributed by atoms with E-state index in [1.165, 1.54) is 57.1 Å². The highest BCUT2D eigenvalue weighted by Crippen LogP contribution is 2.10. The topological polar surface area (TPSA) is 9.23 Å². The van der Waals surface area contributed by atoms with Crippen molar-refractivity contribution in [1.82, 2.24) is 0 Å². The zero-order valence-electron chi connectivity index (χ0n) is 14.6. The first-order chi connectivity index (χ1) is 11.3. The van der Waals surface area contributed by atoms with Gasteiger partial charge in [-0.1, -0.05) is 63.4 Å². The SMILES string of the molecule is CCCOCCCCCCCCCCC#Cc1cccc(F)c1. The van der Waals surface area contributed by atoms with Crippen molar-refractivity contribution in [2.45, 2.75) is 71.1 Å². The molecular formula is C21H31FO. The van der Waals surface area contributed by atoms with Crippen LogP contribution >= 0.6 is 0 Å². The van der Waals surface area contributed by atoms with Gasteiger partial charge in [0.15, 0.2) is 0 Å². The molecule has 0 fully saturated rings. The van der Waals surface area contributed by atoms with Crippen LogP contribution in [-0.2, 0) is 4.74 Å². The normalized spacial score (nSPS) is 10.3. The molecule has 0 unspecified atom stereocenters. The summed E-state index contributed by atoms with van der Waals surface area (Å²) in [6.07, 6.45) is 12.2. The van der Waals surface area contributed by atoms with Crippen LogP contribution in [-0.4, -0.2) is 13.2 Å². The van der Waals surface area contributed by atoms with Crippen molar-refractivity contribution < 1.29 is 9.13 Å². The number of benzene rings is 1. The zero-order valence-corrected chi connectivity index (χ0v) is 14.6. The van der Waals surface area contributed by atoms with Crippen molar-refractivity contribution in [3.63, 3.8) is 0 Å². The van der Waals surface area contributed by atoms with Gasteiger partial charge >= 0.3 is 0 Å². The smallest absolute Gasteiger partial charge is 0.124 e. The molecule has 0 heterocycles. The molecule has 0 bridgehead atoms. The van der Waals surface area contributed by atoms with Gasteiger partial charge < -0.3 is 4.74 Å². The Morgan fingerprint density at radius 1 is 0.913 bits per heavy atom. The van der Waals surface area contributed by atoms with Crippen LogP contribution in [0.2, 0.25) is 0 Å². The van der Waals surface area contributed by atoms with E-state index in [-0.39, 0.29) is 5.82 Å². The molecule has 0 radical (unpaired) electrons. The number of unbranched alkanes of at least 4 members (excludes halogenated alkanes) is 8. The maximum absolute atomic E-state index is 13.0. The Bertz CT molecular complexity index is 458. The molecular weight excluding hydrogens is 287 g/mol. The van der Waals surface area contributed by atoms with E-state index >= 15 is 0 Å². The number of rotatable bonds is 12. The Labute approximate surface area is 141 Å². The summed E-state index contributed by atoms with van der Waals surface area (Å²) >= 11 is 0. The van der Waals surface area contributed by atoms with E-state index < -0.39 is 0 Å². The largest absolute Gasteiger partial charge is 0.381 e. The summed E-state index contributed by atoms with van der Waals surface area (Å²) < 4.78 is 18.4. The molecule has 0 N–H and O–H groups in total. The van der Waals surface area contributed by atoms with E-state index in [4.69, 9.17) is 4.74 Å². The van der Waals surface area contributed by atoms with Crippen LogP contribution in [0.5, 0.6) is 0 Å². The molecule has 128 valence electrons. The average molecular weight is 318 g/mol. The first kappa shape index (κ1) is 19.7. The fourth-order valence-electron chi connectivity index (χ4n) is 2.46. The second-order valence-corrected chi connectivity index (χ2v) is 6.00. The van der Waals surface area contributed by atoms with E-state index in [0.29, 0.717) is 0 Å². The molecule has 1 aromatic carbocycles. The van der Waals surface area contributed by atoms with E-state index in [1.807, 2.05) is 6.07 Å². The highest BCUT2D eigenvalue weighted by Gasteiger charge is 1.93. The number of halogens is 1. The van der Waals surface area contributed by atoms with Gasteiger partial charge in [0.2, 0.25) is 0 Å². The minimum atomic E-state index is -0.214. The lowest BCUT2D eigenvalue weighted by molar-refractivity contribution is 0.130. The third-order valence-electron chi connectivity index (χ3n) is 3.75. The summed E-state index contributed by atoms with van der Waals surface area (Å²) in [7, 11) is 0. The molecule has 0 amide bonds. The highest BCUT2D eigenvalue weighted by molar-refractivity contribution is 5.34. The average Bonchev–Trinajstić information content (AvgIpc) is 2.55. The summed E-state index contributed by atoms with van der Waals surface area (Å²) in [5.74, 6) is 5.94. The molecule has 0 atom stereocenters. The molecule has 23 heavy (non-hydrogen) atoms. The van der Waals surface area contributed by atoms with Crippen molar-refractivity contribution in [3.05, 3.63) is 35.6 Å². The summed E-state index contributed by atoms with van der Waals surface area (Å²) in [4.78, 5) is 0. The van der Waals surface area contributed by atoms with Gasteiger partial charge in [0.25, 0.3) is 0 Å². The highest BCUT2D eigenvalue weighted by atomic mass is 19.1. The molecule has 0 saturated heterocycles. The van der Waals surface area contributed by atoms with Crippen LogP contribution < -0.4 is 0 Å². The summed E-state index contributed by atoms with van der Waals surface area (Å²) in [6, 6.07) is 6.49. The Hall–Kier alpha value is -1.33. The molecule has 1 aromatic rings. The molecule has 0 saturated carbocycles. The Balaban J connectivity index is 1.87. The van der Waals surface area contributed by atoms with Gasteiger partial charge in [-0.15, -0.1) is 0 Å². The summed E-state index contributed by atoms with van der Waals surface area (Å²) in [5, 5.41) is 0. The lowest BCUT2D eigenvalue weighted by Gasteiger charge is -2.03. The third kappa shape index (κ3) is 11.8. The first-order valence-electron chi connectivity index (χ1n) is 9.15. The van der Waals surface area contributed by atoms with Crippen LogP contribution in [0.4, 0.5) is 4.39 Å². The quantitative estimate of drug-likeness (QED) is 0.333. The van der Waals surface area contributed by atoms with E-state index in [1.54, 1.807) is 6.07 Å². The van der Waals surface area contributed by atoms with E-state index in [0.717, 1.165) is 38.0 Å². The predicted molar refractivity (Wildman–Crippen MR) is 95.9 cm³/mol. The van der Waals surface area contributed by atoms with Crippen LogP contribution in [0.15, 0.2) is 24.3 Å². The van der Waals surface area contributed by atoms with E-state index in [9.17, 15) is 4.39 Å². The van der Waals surface area contributed by atoms with Crippen molar-refractivity contribution in [2.75, 3.05) is 13.2 Å².